The Morgan fingerprint density at radius 1 is 1.24 bits per heavy atom. The molecule has 3 nitrogen and oxygen atoms in total. The first-order valence-electron chi connectivity index (χ1n) is 6.21. The Labute approximate surface area is 129 Å². The van der Waals surface area contributed by atoms with E-state index >= 15 is 0 Å². The second-order valence-electron chi connectivity index (χ2n) is 4.42. The normalized spacial score (nSPS) is 12.0. The van der Waals surface area contributed by atoms with Crippen molar-refractivity contribution in [3.05, 3.63) is 58.1 Å². The summed E-state index contributed by atoms with van der Waals surface area (Å²) >= 11 is 3.01. The van der Waals surface area contributed by atoms with Crippen LogP contribution in [-0.4, -0.2) is 18.8 Å². The number of methoxy groups -OCH3 is 1. The highest BCUT2D eigenvalue weighted by atomic mass is 79.9. The Kier molecular flexibility index (Phi) is 5.14. The van der Waals surface area contributed by atoms with E-state index in [1.54, 1.807) is 24.3 Å². The smallest absolute Gasteiger partial charge is 0.150 e. The van der Waals surface area contributed by atoms with Crippen molar-refractivity contribution in [1.82, 2.24) is 0 Å². The van der Waals surface area contributed by atoms with E-state index in [0.717, 1.165) is 12.1 Å². The lowest BCUT2D eigenvalue weighted by molar-refractivity contribution is 0.191. The molecule has 1 atom stereocenters. The van der Waals surface area contributed by atoms with E-state index in [0.29, 0.717) is 15.8 Å². The maximum atomic E-state index is 13.6. The average Bonchev–Trinajstić information content (AvgIpc) is 2.46. The minimum atomic E-state index is -0.914. The van der Waals surface area contributed by atoms with Crippen molar-refractivity contribution in [3.8, 4) is 5.75 Å². The van der Waals surface area contributed by atoms with Gasteiger partial charge in [-0.25, -0.2) is 8.78 Å². The molecule has 0 spiro atoms. The van der Waals surface area contributed by atoms with E-state index < -0.39 is 17.7 Å². The van der Waals surface area contributed by atoms with Crippen LogP contribution in [0, 0.1) is 11.6 Å². The van der Waals surface area contributed by atoms with Gasteiger partial charge in [0, 0.05) is 11.0 Å². The zero-order chi connectivity index (χ0) is 15.4. The van der Waals surface area contributed by atoms with Crippen LogP contribution in [0.3, 0.4) is 0 Å². The third kappa shape index (κ3) is 3.92. The number of aliphatic hydroxyl groups is 1. The van der Waals surface area contributed by atoms with E-state index in [1.807, 2.05) is 0 Å². The van der Waals surface area contributed by atoms with Gasteiger partial charge in [-0.1, -0.05) is 28.1 Å². The van der Waals surface area contributed by atoms with Gasteiger partial charge in [-0.2, -0.15) is 0 Å². The first kappa shape index (κ1) is 15.7. The highest BCUT2D eigenvalue weighted by Gasteiger charge is 2.13. The molecule has 112 valence electrons. The number of anilines is 1. The molecule has 0 aliphatic carbocycles. The van der Waals surface area contributed by atoms with Crippen LogP contribution in [0.25, 0.3) is 0 Å². The fourth-order valence-electron chi connectivity index (χ4n) is 1.88. The Hall–Kier alpha value is -1.66. The summed E-state index contributed by atoms with van der Waals surface area (Å²) in [6.45, 7) is -0.0252. The van der Waals surface area contributed by atoms with Crippen molar-refractivity contribution in [2.75, 3.05) is 19.0 Å². The summed E-state index contributed by atoms with van der Waals surface area (Å²) in [5.74, 6) is -0.841. The summed E-state index contributed by atoms with van der Waals surface area (Å²) in [5, 5.41) is 12.6. The van der Waals surface area contributed by atoms with Crippen LogP contribution in [0.2, 0.25) is 0 Å². The number of aliphatic hydroxyl groups excluding tert-OH is 1. The highest BCUT2D eigenvalue weighted by molar-refractivity contribution is 9.10. The van der Waals surface area contributed by atoms with Crippen LogP contribution < -0.4 is 10.1 Å². The lowest BCUT2D eigenvalue weighted by Crippen LogP contribution is -2.14. The summed E-state index contributed by atoms with van der Waals surface area (Å²) in [5.41, 5.74) is 0.333. The maximum absolute atomic E-state index is 13.6. The molecule has 1 unspecified atom stereocenters. The number of hydrogen-bond donors (Lipinski definition) is 2. The molecule has 2 rings (SSSR count). The maximum Gasteiger partial charge on any atom is 0.150 e. The van der Waals surface area contributed by atoms with Gasteiger partial charge in [0.15, 0.2) is 0 Å². The van der Waals surface area contributed by atoms with Gasteiger partial charge in [0.05, 0.1) is 13.2 Å². The highest BCUT2D eigenvalue weighted by Crippen LogP contribution is 2.25. The van der Waals surface area contributed by atoms with E-state index in [1.165, 1.54) is 7.11 Å². The molecule has 0 aromatic heterocycles. The minimum absolute atomic E-state index is 0.0252. The fourth-order valence-corrected chi connectivity index (χ4v) is 2.28. The van der Waals surface area contributed by atoms with Crippen LogP contribution in [-0.2, 0) is 0 Å². The molecule has 0 heterocycles. The molecule has 0 saturated heterocycles. The molecular weight excluding hydrogens is 344 g/mol. The molecular formula is C15H14BrF2NO2. The number of nitrogens with one attached hydrogen (secondary N) is 1. The molecule has 0 aliphatic heterocycles. The summed E-state index contributed by atoms with van der Waals surface area (Å²) in [6, 6.07) is 9.17. The van der Waals surface area contributed by atoms with Crippen LogP contribution in [0.5, 0.6) is 5.75 Å². The third-order valence-electron chi connectivity index (χ3n) is 2.96. The van der Waals surface area contributed by atoms with Gasteiger partial charge in [-0.15, -0.1) is 0 Å². The summed E-state index contributed by atoms with van der Waals surface area (Å²) in [6.07, 6.45) is -0.914. The predicted molar refractivity (Wildman–Crippen MR) is 80.5 cm³/mol. The third-order valence-corrected chi connectivity index (χ3v) is 3.42. The van der Waals surface area contributed by atoms with Crippen molar-refractivity contribution in [2.24, 2.45) is 0 Å². The lowest BCUT2D eigenvalue weighted by Gasteiger charge is -2.15. The first-order chi connectivity index (χ1) is 10.0. The second kappa shape index (κ2) is 6.87. The summed E-state index contributed by atoms with van der Waals surface area (Å²) in [7, 11) is 1.52. The molecule has 2 aromatic rings. The Balaban J connectivity index is 2.09. The summed E-state index contributed by atoms with van der Waals surface area (Å²) in [4.78, 5) is 0. The van der Waals surface area contributed by atoms with Crippen LogP contribution in [0.1, 0.15) is 11.7 Å². The van der Waals surface area contributed by atoms with Crippen molar-refractivity contribution in [1.29, 1.82) is 0 Å². The van der Waals surface area contributed by atoms with Crippen molar-refractivity contribution in [2.45, 2.75) is 6.10 Å². The van der Waals surface area contributed by atoms with Gasteiger partial charge in [0.25, 0.3) is 0 Å². The molecule has 2 N–H and O–H groups in total. The Morgan fingerprint density at radius 3 is 2.52 bits per heavy atom. The number of rotatable bonds is 5. The molecule has 0 bridgehead atoms. The van der Waals surface area contributed by atoms with Crippen molar-refractivity contribution < 1.29 is 18.6 Å². The van der Waals surface area contributed by atoms with E-state index in [-0.39, 0.29) is 12.2 Å². The monoisotopic (exact) mass is 357 g/mol. The van der Waals surface area contributed by atoms with Gasteiger partial charge in [-0.05, 0) is 29.8 Å². The number of ether oxygens (including phenoxy) is 1. The second-order valence-corrected chi connectivity index (χ2v) is 5.33. The molecule has 21 heavy (non-hydrogen) atoms. The average molecular weight is 358 g/mol. The SMILES string of the molecule is COc1cccc(C(O)CNc2c(F)cc(Br)cc2F)c1. The molecule has 6 heteroatoms. The van der Waals surface area contributed by atoms with E-state index in [9.17, 15) is 13.9 Å². The molecule has 0 saturated carbocycles. The summed E-state index contributed by atoms with van der Waals surface area (Å²) < 4.78 is 32.7. The minimum Gasteiger partial charge on any atom is -0.497 e. The van der Waals surface area contributed by atoms with Crippen molar-refractivity contribution in [3.63, 3.8) is 0 Å². The van der Waals surface area contributed by atoms with Gasteiger partial charge >= 0.3 is 0 Å². The number of hydrogen-bond acceptors (Lipinski definition) is 3. The Morgan fingerprint density at radius 2 is 1.90 bits per heavy atom. The largest absolute Gasteiger partial charge is 0.497 e. The molecule has 0 fully saturated rings. The van der Waals surface area contributed by atoms with Gasteiger partial charge in [-0.3, -0.25) is 0 Å². The van der Waals surface area contributed by atoms with Crippen molar-refractivity contribution >= 4 is 21.6 Å². The van der Waals surface area contributed by atoms with Gasteiger partial charge in [0.1, 0.15) is 23.1 Å². The fraction of sp³-hybridized carbons (Fsp3) is 0.200. The first-order valence-corrected chi connectivity index (χ1v) is 7.01. The zero-order valence-electron chi connectivity index (χ0n) is 11.2. The van der Waals surface area contributed by atoms with Gasteiger partial charge < -0.3 is 15.2 Å². The molecule has 0 radical (unpaired) electrons. The van der Waals surface area contributed by atoms with E-state index in [2.05, 4.69) is 21.2 Å². The van der Waals surface area contributed by atoms with Crippen LogP contribution in [0.4, 0.5) is 14.5 Å². The van der Waals surface area contributed by atoms with Crippen LogP contribution >= 0.6 is 15.9 Å². The zero-order valence-corrected chi connectivity index (χ0v) is 12.8. The topological polar surface area (TPSA) is 41.5 Å². The lowest BCUT2D eigenvalue weighted by atomic mass is 10.1. The predicted octanol–water partition coefficient (Wildman–Crippen LogP) is 3.88. The van der Waals surface area contributed by atoms with E-state index in [4.69, 9.17) is 4.74 Å². The molecule has 0 amide bonds. The Bertz CT molecular complexity index is 614. The number of benzene rings is 2. The standard InChI is InChI=1S/C15H14BrF2NO2/c1-21-11-4-2-3-9(5-11)14(20)8-19-15-12(17)6-10(16)7-13(15)18/h2-7,14,19-20H,8H2,1H3. The molecule has 0 aliphatic rings. The quantitative estimate of drug-likeness (QED) is 0.853. The number of halogens is 3. The molecule has 2 aromatic carbocycles. The van der Waals surface area contributed by atoms with Crippen LogP contribution in [0.15, 0.2) is 40.9 Å². The van der Waals surface area contributed by atoms with Gasteiger partial charge in [0.2, 0.25) is 0 Å².